The molecule has 2 aromatic rings. The van der Waals surface area contributed by atoms with Crippen molar-refractivity contribution in [3.63, 3.8) is 0 Å². The Balaban J connectivity index is 2.37. The Morgan fingerprint density at radius 1 is 1.28 bits per heavy atom. The van der Waals surface area contributed by atoms with Gasteiger partial charge in [-0.05, 0) is 31.9 Å². The van der Waals surface area contributed by atoms with Crippen LogP contribution in [0, 0.1) is 27.1 Å². The fourth-order valence-electron chi connectivity index (χ4n) is 2.38. The largest absolute Gasteiger partial charge is 0.326 e. The quantitative estimate of drug-likeness (QED) is 0.441. The van der Waals surface area contributed by atoms with E-state index in [9.17, 15) is 0 Å². The zero-order chi connectivity index (χ0) is 13.1. The van der Waals surface area contributed by atoms with Crippen LogP contribution >= 0.6 is 0 Å². The topological polar surface area (TPSA) is 8.81 Å². The lowest BCUT2D eigenvalue weighted by molar-refractivity contribution is -0.699. The number of hydrogen-bond acceptors (Lipinski definition) is 0. The fraction of sp³-hybridized carbons (Fsp3) is 0.312. The molecule has 0 unspecified atom stereocenters. The molecular weight excluding hydrogens is 220 g/mol. The molecule has 1 aromatic heterocycles. The van der Waals surface area contributed by atoms with E-state index in [4.69, 9.17) is 0 Å². The maximum Gasteiger partial charge on any atom is 0.243 e. The number of hydrogen-bond donors (Lipinski definition) is 0. The van der Waals surface area contributed by atoms with Crippen LogP contribution in [0.1, 0.15) is 23.1 Å². The second-order valence-electron chi connectivity index (χ2n) is 4.79. The minimum Gasteiger partial charge on any atom is -0.326 e. The van der Waals surface area contributed by atoms with Crippen LogP contribution in [0.25, 0.3) is 5.69 Å². The van der Waals surface area contributed by atoms with Crippen molar-refractivity contribution in [2.24, 2.45) is 0 Å². The predicted octanol–water partition coefficient (Wildman–Crippen LogP) is 3.07. The van der Waals surface area contributed by atoms with Gasteiger partial charge < -0.3 is 9.13 Å². The monoisotopic (exact) mass is 240 g/mol. The van der Waals surface area contributed by atoms with Gasteiger partial charge in [-0.1, -0.05) is 23.8 Å². The van der Waals surface area contributed by atoms with E-state index >= 15 is 0 Å². The first-order valence-electron chi connectivity index (χ1n) is 6.31. The summed E-state index contributed by atoms with van der Waals surface area (Å²) in [5, 5.41) is 0. The second-order valence-corrected chi connectivity index (χ2v) is 4.79. The smallest absolute Gasteiger partial charge is 0.243 e. The molecule has 0 bridgehead atoms. The zero-order valence-electron chi connectivity index (χ0n) is 11.4. The van der Waals surface area contributed by atoms with Crippen LogP contribution in [0.15, 0.2) is 37.2 Å². The molecule has 0 aliphatic rings. The first kappa shape index (κ1) is 12.6. The summed E-state index contributed by atoms with van der Waals surface area (Å²) in [6.45, 7) is 11.1. The second kappa shape index (κ2) is 5.21. The van der Waals surface area contributed by atoms with Gasteiger partial charge in [-0.3, -0.25) is 0 Å². The highest BCUT2D eigenvalue weighted by molar-refractivity contribution is 5.48. The van der Waals surface area contributed by atoms with Gasteiger partial charge in [0.05, 0.1) is 12.2 Å². The molecule has 0 radical (unpaired) electrons. The molecule has 0 fully saturated rings. The van der Waals surface area contributed by atoms with Crippen molar-refractivity contribution in [1.29, 1.82) is 0 Å². The molecule has 1 aromatic carbocycles. The van der Waals surface area contributed by atoms with Crippen LogP contribution in [0.3, 0.4) is 0 Å². The van der Waals surface area contributed by atoms with Crippen LogP contribution in [0.4, 0.5) is 0 Å². The molecule has 0 atom stereocenters. The van der Waals surface area contributed by atoms with Crippen molar-refractivity contribution < 1.29 is 4.57 Å². The lowest BCUT2D eigenvalue weighted by atomic mass is 10.1. The molecule has 94 valence electrons. The predicted molar refractivity (Wildman–Crippen MR) is 73.8 cm³/mol. The average molecular weight is 240 g/mol. The normalized spacial score (nSPS) is 10.6. The minimum absolute atomic E-state index is 0.931. The van der Waals surface area contributed by atoms with E-state index in [0.29, 0.717) is 0 Å². The number of rotatable bonds is 4. The number of aromatic nitrogens is 2. The maximum absolute atomic E-state index is 3.74. The molecule has 0 saturated carbocycles. The molecule has 1 heterocycles. The van der Waals surface area contributed by atoms with Gasteiger partial charge in [-0.2, -0.15) is 0 Å². The number of nitrogens with zero attached hydrogens (tertiary/aromatic N) is 2. The summed E-state index contributed by atoms with van der Waals surface area (Å²) >= 11 is 0. The van der Waals surface area contributed by atoms with E-state index < -0.39 is 0 Å². The summed E-state index contributed by atoms with van der Waals surface area (Å²) < 4.78 is 4.15. The number of benzene rings is 1. The van der Waals surface area contributed by atoms with Crippen molar-refractivity contribution >= 4 is 0 Å². The van der Waals surface area contributed by atoms with Gasteiger partial charge >= 0.3 is 0 Å². The average Bonchev–Trinajstić information content (AvgIpc) is 2.73. The first-order chi connectivity index (χ1) is 8.61. The Kier molecular flexibility index (Phi) is 3.66. The van der Waals surface area contributed by atoms with E-state index in [1.165, 1.54) is 22.4 Å². The fourth-order valence-corrected chi connectivity index (χ4v) is 2.38. The third-order valence-corrected chi connectivity index (χ3v) is 3.08. The van der Waals surface area contributed by atoms with E-state index in [-0.39, 0.29) is 0 Å². The van der Waals surface area contributed by atoms with Crippen LogP contribution < -0.4 is 4.57 Å². The van der Waals surface area contributed by atoms with E-state index in [1.807, 2.05) is 6.08 Å². The molecule has 2 rings (SSSR count). The SMILES string of the molecule is C=CCC[n+]1[c-]n(-c2c(C)cc(C)cc2C)cc1. The summed E-state index contributed by atoms with van der Waals surface area (Å²) in [5.41, 5.74) is 5.11. The Labute approximate surface area is 109 Å². The standard InChI is InChI=1S/C16H20N2/c1-5-6-7-17-8-9-18(12-17)16-14(3)10-13(2)11-15(16)4/h5,8-11H,1,6-7H2,2-4H3. The summed E-state index contributed by atoms with van der Waals surface area (Å²) in [6.07, 6.45) is 10.4. The van der Waals surface area contributed by atoms with Gasteiger partial charge in [0, 0.05) is 18.8 Å². The highest BCUT2D eigenvalue weighted by Gasteiger charge is 2.06. The van der Waals surface area contributed by atoms with Crippen LogP contribution in [0.5, 0.6) is 0 Å². The number of allylic oxidation sites excluding steroid dienone is 1. The van der Waals surface area contributed by atoms with Crippen LogP contribution in [-0.2, 0) is 6.54 Å². The van der Waals surface area contributed by atoms with Crippen molar-refractivity contribution in [2.75, 3.05) is 0 Å². The van der Waals surface area contributed by atoms with Gasteiger partial charge in [0.15, 0.2) is 0 Å². The highest BCUT2D eigenvalue weighted by Crippen LogP contribution is 2.19. The number of aryl methyl sites for hydroxylation is 4. The Bertz CT molecular complexity index is 541. The number of imidazole rings is 1. The highest BCUT2D eigenvalue weighted by atomic mass is 15.1. The van der Waals surface area contributed by atoms with Gasteiger partial charge in [0.25, 0.3) is 0 Å². The van der Waals surface area contributed by atoms with Gasteiger partial charge in [0.1, 0.15) is 0 Å². The van der Waals surface area contributed by atoms with E-state index in [0.717, 1.165) is 13.0 Å². The molecule has 0 saturated heterocycles. The molecule has 0 aliphatic heterocycles. The molecule has 2 heteroatoms. The molecule has 0 aliphatic carbocycles. The van der Waals surface area contributed by atoms with Gasteiger partial charge in [-0.25, -0.2) is 0 Å². The molecule has 2 nitrogen and oxygen atoms in total. The summed E-state index contributed by atoms with van der Waals surface area (Å²) in [6, 6.07) is 4.43. The summed E-state index contributed by atoms with van der Waals surface area (Å²) in [7, 11) is 0. The Morgan fingerprint density at radius 3 is 2.56 bits per heavy atom. The van der Waals surface area contributed by atoms with Crippen LogP contribution in [-0.4, -0.2) is 4.57 Å². The van der Waals surface area contributed by atoms with Crippen molar-refractivity contribution in [3.05, 3.63) is 60.2 Å². The van der Waals surface area contributed by atoms with Crippen molar-refractivity contribution in [2.45, 2.75) is 33.7 Å². The van der Waals surface area contributed by atoms with Crippen molar-refractivity contribution in [3.8, 4) is 5.69 Å². The molecule has 0 spiro atoms. The van der Waals surface area contributed by atoms with Crippen molar-refractivity contribution in [1.82, 2.24) is 4.57 Å². The summed E-state index contributed by atoms with van der Waals surface area (Å²) in [5.74, 6) is 0. The third kappa shape index (κ3) is 2.53. The molecule has 0 amide bonds. The van der Waals surface area contributed by atoms with Gasteiger partial charge in [0.2, 0.25) is 6.33 Å². The van der Waals surface area contributed by atoms with Crippen LogP contribution in [0.2, 0.25) is 0 Å². The Hall–Kier alpha value is -1.83. The zero-order valence-corrected chi connectivity index (χ0v) is 11.4. The maximum atomic E-state index is 3.74. The molecule has 0 N–H and O–H groups in total. The minimum atomic E-state index is 0.931. The van der Waals surface area contributed by atoms with E-state index in [2.05, 4.69) is 67.3 Å². The Morgan fingerprint density at radius 2 is 1.94 bits per heavy atom. The van der Waals surface area contributed by atoms with Gasteiger partial charge in [-0.15, -0.1) is 6.58 Å². The summed E-state index contributed by atoms with van der Waals surface area (Å²) in [4.78, 5) is 0. The lowest BCUT2D eigenvalue weighted by Gasteiger charge is -2.12. The third-order valence-electron chi connectivity index (χ3n) is 3.08. The lowest BCUT2D eigenvalue weighted by Crippen LogP contribution is -2.31. The first-order valence-corrected chi connectivity index (χ1v) is 6.31. The molecular formula is C16H20N2. The van der Waals surface area contributed by atoms with E-state index in [1.54, 1.807) is 0 Å². The molecule has 18 heavy (non-hydrogen) atoms.